The molecule has 0 heterocycles. The number of alkyl carbamates (subject to hydrolysis) is 1. The summed E-state index contributed by atoms with van der Waals surface area (Å²) in [5.74, 6) is -2.59. The lowest BCUT2D eigenvalue weighted by Crippen LogP contribution is -2.50. The molecular weight excluding hydrogens is 458 g/mol. The Morgan fingerprint density at radius 3 is 1.66 bits per heavy atom. The van der Waals surface area contributed by atoms with Crippen molar-refractivity contribution in [2.75, 3.05) is 19.6 Å². The lowest BCUT2D eigenvalue weighted by molar-refractivity contribution is -0.147. The third kappa shape index (κ3) is 10.7. The number of carbonyl (C=O) groups is 4. The number of esters is 1. The monoisotopic (exact) mass is 487 g/mol. The van der Waals surface area contributed by atoms with Gasteiger partial charge in [-0.15, -0.1) is 0 Å². The maximum atomic E-state index is 11.9. The second-order valence-electron chi connectivity index (χ2n) is 7.36. The third-order valence-electron chi connectivity index (χ3n) is 4.61. The van der Waals surface area contributed by atoms with Gasteiger partial charge < -0.3 is 35.6 Å². The summed E-state index contributed by atoms with van der Waals surface area (Å²) in [6.07, 6.45) is -4.92. The van der Waals surface area contributed by atoms with E-state index in [1.807, 2.05) is 36.4 Å². The highest BCUT2D eigenvalue weighted by Gasteiger charge is 2.30. The standard InChI is InChI=1S/C24H29N3O8/c28-19(34-15-17-7-3-1-4-8-17)11-12-25-22(31)20(29)21(30)23(32)26-13-14-27-24(33)35-16-18-9-5-2-6-10-18/h1-10,20-21,29-30H,11-16H2,(H,25,31)(H,26,32)(H,27,33). The number of aliphatic hydroxyl groups excluding tert-OH is 2. The van der Waals surface area contributed by atoms with Gasteiger partial charge in [-0.3, -0.25) is 14.4 Å². The van der Waals surface area contributed by atoms with Crippen LogP contribution in [0, 0.1) is 0 Å². The zero-order valence-corrected chi connectivity index (χ0v) is 19.0. The van der Waals surface area contributed by atoms with Crippen LogP contribution >= 0.6 is 0 Å². The van der Waals surface area contributed by atoms with Crippen LogP contribution in [0.1, 0.15) is 17.5 Å². The minimum Gasteiger partial charge on any atom is -0.461 e. The van der Waals surface area contributed by atoms with Crippen LogP contribution in [0.5, 0.6) is 0 Å². The van der Waals surface area contributed by atoms with Gasteiger partial charge in [-0.25, -0.2) is 4.79 Å². The van der Waals surface area contributed by atoms with Crippen LogP contribution in [0.15, 0.2) is 60.7 Å². The first-order chi connectivity index (χ1) is 16.9. The van der Waals surface area contributed by atoms with Crippen LogP contribution < -0.4 is 16.0 Å². The summed E-state index contributed by atoms with van der Waals surface area (Å²) in [5, 5.41) is 26.7. The average molecular weight is 488 g/mol. The summed E-state index contributed by atoms with van der Waals surface area (Å²) >= 11 is 0. The Labute approximate surface area is 202 Å². The predicted octanol–water partition coefficient (Wildman–Crippen LogP) is 0.000500. The Bertz CT molecular complexity index is 956. The van der Waals surface area contributed by atoms with Gasteiger partial charge in [-0.05, 0) is 11.1 Å². The molecule has 11 nitrogen and oxygen atoms in total. The number of ether oxygens (including phenoxy) is 2. The van der Waals surface area contributed by atoms with Gasteiger partial charge in [-0.1, -0.05) is 60.7 Å². The van der Waals surface area contributed by atoms with Crippen LogP contribution in [-0.2, 0) is 37.1 Å². The number of benzene rings is 2. The number of carbonyl (C=O) groups excluding carboxylic acids is 4. The van der Waals surface area contributed by atoms with Gasteiger partial charge in [0.15, 0.2) is 12.2 Å². The zero-order chi connectivity index (χ0) is 25.5. The molecule has 0 fully saturated rings. The van der Waals surface area contributed by atoms with Crippen molar-refractivity contribution in [3.63, 3.8) is 0 Å². The zero-order valence-electron chi connectivity index (χ0n) is 19.0. The second kappa shape index (κ2) is 15.0. The van der Waals surface area contributed by atoms with Gasteiger partial charge >= 0.3 is 12.1 Å². The number of amides is 3. The van der Waals surface area contributed by atoms with Gasteiger partial charge in [0.25, 0.3) is 11.8 Å². The molecular formula is C24H29N3O8. The maximum Gasteiger partial charge on any atom is 0.407 e. The van der Waals surface area contributed by atoms with Crippen molar-refractivity contribution in [3.05, 3.63) is 71.8 Å². The average Bonchev–Trinajstić information content (AvgIpc) is 2.88. The van der Waals surface area contributed by atoms with E-state index in [0.29, 0.717) is 0 Å². The summed E-state index contributed by atoms with van der Waals surface area (Å²) in [5.41, 5.74) is 1.63. The van der Waals surface area contributed by atoms with E-state index in [1.165, 1.54) is 0 Å². The van der Waals surface area contributed by atoms with E-state index < -0.39 is 36.1 Å². The number of hydrogen-bond acceptors (Lipinski definition) is 8. The topological polar surface area (TPSA) is 163 Å². The minimum atomic E-state index is -2.04. The molecule has 2 unspecified atom stereocenters. The summed E-state index contributed by atoms with van der Waals surface area (Å²) in [4.78, 5) is 47.2. The summed E-state index contributed by atoms with van der Waals surface area (Å²) < 4.78 is 10.1. The first-order valence-electron chi connectivity index (χ1n) is 10.9. The fraction of sp³-hybridized carbons (Fsp3) is 0.333. The van der Waals surface area contributed by atoms with Crippen molar-refractivity contribution in [2.45, 2.75) is 31.8 Å². The molecule has 2 atom stereocenters. The molecule has 0 aliphatic heterocycles. The van der Waals surface area contributed by atoms with Crippen molar-refractivity contribution < 1.29 is 38.9 Å². The van der Waals surface area contributed by atoms with Crippen molar-refractivity contribution in [2.24, 2.45) is 0 Å². The SMILES string of the molecule is O=C(CCNC(=O)C(O)C(O)C(=O)NCCNC(=O)OCc1ccccc1)OCc1ccccc1. The molecule has 0 saturated heterocycles. The van der Waals surface area contributed by atoms with Crippen LogP contribution in [0.3, 0.4) is 0 Å². The molecule has 5 N–H and O–H groups in total. The molecule has 35 heavy (non-hydrogen) atoms. The lowest BCUT2D eigenvalue weighted by Gasteiger charge is -2.17. The number of rotatable bonds is 13. The second-order valence-corrected chi connectivity index (χ2v) is 7.36. The van der Waals surface area contributed by atoms with E-state index in [-0.39, 0.29) is 39.3 Å². The van der Waals surface area contributed by atoms with Gasteiger partial charge in [0, 0.05) is 19.6 Å². The molecule has 0 bridgehead atoms. The van der Waals surface area contributed by atoms with Crippen molar-refractivity contribution in [3.8, 4) is 0 Å². The molecule has 0 aliphatic carbocycles. The summed E-state index contributed by atoms with van der Waals surface area (Å²) in [6, 6.07) is 18.1. The fourth-order valence-corrected chi connectivity index (χ4v) is 2.72. The van der Waals surface area contributed by atoms with E-state index in [2.05, 4.69) is 16.0 Å². The Morgan fingerprint density at radius 1 is 0.657 bits per heavy atom. The largest absolute Gasteiger partial charge is 0.461 e. The highest BCUT2D eigenvalue weighted by Crippen LogP contribution is 2.02. The van der Waals surface area contributed by atoms with E-state index in [0.717, 1.165) is 11.1 Å². The fourth-order valence-electron chi connectivity index (χ4n) is 2.72. The predicted molar refractivity (Wildman–Crippen MR) is 124 cm³/mol. The number of nitrogens with one attached hydrogen (secondary N) is 3. The first kappa shape index (κ1) is 27.3. The van der Waals surface area contributed by atoms with Gasteiger partial charge in [0.1, 0.15) is 13.2 Å². The third-order valence-corrected chi connectivity index (χ3v) is 4.61. The van der Waals surface area contributed by atoms with E-state index >= 15 is 0 Å². The highest BCUT2D eigenvalue weighted by atomic mass is 16.5. The molecule has 11 heteroatoms. The Hall–Kier alpha value is -3.96. The minimum absolute atomic E-state index is 0.000528. The van der Waals surface area contributed by atoms with Crippen molar-refractivity contribution in [1.82, 2.24) is 16.0 Å². The number of hydrogen-bond donors (Lipinski definition) is 5. The first-order valence-corrected chi connectivity index (χ1v) is 10.9. The van der Waals surface area contributed by atoms with E-state index in [1.54, 1.807) is 24.3 Å². The quantitative estimate of drug-likeness (QED) is 0.195. The molecule has 0 spiro atoms. The van der Waals surface area contributed by atoms with Gasteiger partial charge in [0.05, 0.1) is 6.42 Å². The van der Waals surface area contributed by atoms with Crippen LogP contribution in [0.25, 0.3) is 0 Å². The maximum absolute atomic E-state index is 11.9. The smallest absolute Gasteiger partial charge is 0.407 e. The van der Waals surface area contributed by atoms with Gasteiger partial charge in [0.2, 0.25) is 0 Å². The summed E-state index contributed by atoms with van der Waals surface area (Å²) in [6.45, 7) is -0.0389. The van der Waals surface area contributed by atoms with E-state index in [4.69, 9.17) is 9.47 Å². The Balaban J connectivity index is 1.56. The van der Waals surface area contributed by atoms with Crippen LogP contribution in [-0.4, -0.2) is 65.9 Å². The molecule has 2 aromatic rings. The Morgan fingerprint density at radius 2 is 1.11 bits per heavy atom. The van der Waals surface area contributed by atoms with E-state index in [9.17, 15) is 29.4 Å². The summed E-state index contributed by atoms with van der Waals surface area (Å²) in [7, 11) is 0. The highest BCUT2D eigenvalue weighted by molar-refractivity contribution is 5.90. The molecule has 3 amide bonds. The molecule has 188 valence electrons. The molecule has 0 aliphatic rings. The molecule has 2 aromatic carbocycles. The molecule has 0 radical (unpaired) electrons. The van der Waals surface area contributed by atoms with Crippen LogP contribution in [0.2, 0.25) is 0 Å². The van der Waals surface area contributed by atoms with Crippen molar-refractivity contribution in [1.29, 1.82) is 0 Å². The van der Waals surface area contributed by atoms with Crippen LogP contribution in [0.4, 0.5) is 4.79 Å². The molecule has 2 rings (SSSR count). The molecule has 0 saturated carbocycles. The molecule has 0 aromatic heterocycles. The number of aliphatic hydroxyl groups is 2. The lowest BCUT2D eigenvalue weighted by atomic mass is 10.1. The normalized spacial score (nSPS) is 12.1. The Kier molecular flexibility index (Phi) is 11.7. The van der Waals surface area contributed by atoms with Gasteiger partial charge in [-0.2, -0.15) is 0 Å². The van der Waals surface area contributed by atoms with Crippen molar-refractivity contribution >= 4 is 23.9 Å².